The summed E-state index contributed by atoms with van der Waals surface area (Å²) in [6, 6.07) is 9.37. The number of hydrogen-bond donors (Lipinski definition) is 3. The van der Waals surface area contributed by atoms with Crippen LogP contribution in [0.15, 0.2) is 36.4 Å². The Balaban J connectivity index is 0.000000638. The van der Waals surface area contributed by atoms with Gasteiger partial charge < -0.3 is 10.2 Å². The Morgan fingerprint density at radius 3 is 2.05 bits per heavy atom. The summed E-state index contributed by atoms with van der Waals surface area (Å²) >= 11 is 18.2. The van der Waals surface area contributed by atoms with Crippen molar-refractivity contribution in [1.82, 2.24) is 5.32 Å². The van der Waals surface area contributed by atoms with Crippen LogP contribution in [0, 0.1) is 22.6 Å². The summed E-state index contributed by atoms with van der Waals surface area (Å²) in [4.78, 5) is 21.2. The zero-order valence-electron chi connectivity index (χ0n) is 20.2. The zero-order chi connectivity index (χ0) is 29.2. The second-order valence-corrected chi connectivity index (χ2v) is 11.1. The monoisotopic (exact) mass is 596 g/mol. The van der Waals surface area contributed by atoms with Gasteiger partial charge in [-0.2, -0.15) is 18.4 Å². The number of halogens is 7. The minimum absolute atomic E-state index is 0.0981. The molecular weight excluding hydrogens is 575 g/mol. The Hall–Kier alpha value is -2.58. The van der Waals surface area contributed by atoms with E-state index in [1.54, 1.807) is 18.2 Å². The summed E-state index contributed by atoms with van der Waals surface area (Å²) in [6.07, 6.45) is -4.65. The standard InChI is InChI=1S/C23H22Cl3FN2O2.C2HF3O2/c1-22(2,3)10-18-23(11-28,14-6-5-13(24)9-17(14)27)19(20(29-18)21(30)31)12-4-7-15(25)16(26)8-12;3-2(4,5)1(6)7/h4-9,18-20,29H,10H2,1-3H3,(H,30,31);(H,6,7). The summed E-state index contributed by atoms with van der Waals surface area (Å²) in [5, 5.41) is 31.5. The van der Waals surface area contributed by atoms with Crippen LogP contribution in [0.5, 0.6) is 0 Å². The van der Waals surface area contributed by atoms with Crippen molar-refractivity contribution in [3.8, 4) is 6.07 Å². The number of carboxylic acids is 2. The van der Waals surface area contributed by atoms with Gasteiger partial charge in [0.2, 0.25) is 0 Å². The van der Waals surface area contributed by atoms with Crippen LogP contribution in [0.1, 0.15) is 44.2 Å². The highest BCUT2D eigenvalue weighted by Crippen LogP contribution is 2.52. The molecule has 3 rings (SSSR count). The Morgan fingerprint density at radius 2 is 1.63 bits per heavy atom. The number of carboxylic acid groups (broad SMARTS) is 2. The van der Waals surface area contributed by atoms with Crippen molar-refractivity contribution in [3.05, 3.63) is 68.4 Å². The summed E-state index contributed by atoms with van der Waals surface area (Å²) in [5.41, 5.74) is -1.21. The quantitative estimate of drug-likeness (QED) is 0.334. The second kappa shape index (κ2) is 11.7. The SMILES string of the molecule is CC(C)(C)CC1NC(C(=O)O)C(c2ccc(Cl)c(Cl)c2)C1(C#N)c1ccc(Cl)cc1F.O=C(O)C(F)(F)F. The number of benzene rings is 2. The fourth-order valence-electron chi connectivity index (χ4n) is 4.52. The van der Waals surface area contributed by atoms with E-state index in [0.29, 0.717) is 17.0 Å². The van der Waals surface area contributed by atoms with E-state index in [2.05, 4.69) is 11.4 Å². The molecule has 2 aromatic carbocycles. The maximum atomic E-state index is 15.2. The fourth-order valence-corrected chi connectivity index (χ4v) is 4.98. The molecule has 4 atom stereocenters. The third-order valence-corrected chi connectivity index (χ3v) is 6.92. The number of aliphatic carboxylic acids is 2. The van der Waals surface area contributed by atoms with Gasteiger partial charge in [0.25, 0.3) is 0 Å². The first-order valence-corrected chi connectivity index (χ1v) is 12.1. The van der Waals surface area contributed by atoms with Gasteiger partial charge >= 0.3 is 18.1 Å². The van der Waals surface area contributed by atoms with Crippen LogP contribution in [0.2, 0.25) is 15.1 Å². The molecular formula is C25H23Cl3F4N2O4. The molecule has 3 N–H and O–H groups in total. The summed E-state index contributed by atoms with van der Waals surface area (Å²) in [6.45, 7) is 5.95. The smallest absolute Gasteiger partial charge is 0.480 e. The molecule has 4 unspecified atom stereocenters. The van der Waals surface area contributed by atoms with E-state index in [1.165, 1.54) is 12.1 Å². The topological polar surface area (TPSA) is 110 Å². The van der Waals surface area contributed by atoms with Gasteiger partial charge in [-0.15, -0.1) is 0 Å². The van der Waals surface area contributed by atoms with Gasteiger partial charge in [-0.25, -0.2) is 9.18 Å². The average Bonchev–Trinajstić information content (AvgIpc) is 3.09. The molecule has 2 aromatic rings. The molecule has 206 valence electrons. The molecule has 0 spiro atoms. The Labute approximate surface area is 231 Å². The Kier molecular flexibility index (Phi) is 9.71. The van der Waals surface area contributed by atoms with E-state index in [9.17, 15) is 28.3 Å². The fraction of sp³-hybridized carbons (Fsp3) is 0.400. The van der Waals surface area contributed by atoms with E-state index in [-0.39, 0.29) is 21.0 Å². The van der Waals surface area contributed by atoms with E-state index in [0.717, 1.165) is 6.07 Å². The summed E-state index contributed by atoms with van der Waals surface area (Å²) < 4.78 is 47.0. The summed E-state index contributed by atoms with van der Waals surface area (Å²) in [7, 11) is 0. The Morgan fingerprint density at radius 1 is 1.05 bits per heavy atom. The van der Waals surface area contributed by atoms with E-state index in [1.807, 2.05) is 20.8 Å². The summed E-state index contributed by atoms with van der Waals surface area (Å²) in [5.74, 6) is -5.48. The molecule has 0 amide bonds. The molecule has 13 heteroatoms. The van der Waals surface area contributed by atoms with Gasteiger partial charge in [-0.1, -0.05) is 67.7 Å². The van der Waals surface area contributed by atoms with Crippen LogP contribution in [-0.4, -0.2) is 40.4 Å². The van der Waals surface area contributed by atoms with Crippen LogP contribution >= 0.6 is 34.8 Å². The molecule has 0 aromatic heterocycles. The molecule has 1 fully saturated rings. The maximum Gasteiger partial charge on any atom is 0.490 e. The van der Waals surface area contributed by atoms with Gasteiger partial charge in [-0.05, 0) is 41.7 Å². The molecule has 1 aliphatic rings. The van der Waals surface area contributed by atoms with Crippen LogP contribution in [0.25, 0.3) is 0 Å². The second-order valence-electron chi connectivity index (χ2n) is 9.86. The molecule has 1 aliphatic heterocycles. The lowest BCUT2D eigenvalue weighted by Gasteiger charge is -2.37. The number of carbonyl (C=O) groups is 2. The molecule has 0 bridgehead atoms. The van der Waals surface area contributed by atoms with Gasteiger partial charge in [0.15, 0.2) is 0 Å². The largest absolute Gasteiger partial charge is 0.490 e. The third-order valence-electron chi connectivity index (χ3n) is 5.94. The third kappa shape index (κ3) is 6.89. The number of rotatable bonds is 4. The highest BCUT2D eigenvalue weighted by Gasteiger charge is 2.60. The van der Waals surface area contributed by atoms with E-state index >= 15 is 4.39 Å². The first-order chi connectivity index (χ1) is 17.3. The molecule has 0 radical (unpaired) electrons. The normalized spacial score (nSPS) is 23.2. The van der Waals surface area contributed by atoms with Crippen molar-refractivity contribution in [2.24, 2.45) is 5.41 Å². The van der Waals surface area contributed by atoms with Crippen molar-refractivity contribution in [1.29, 1.82) is 5.26 Å². The molecule has 0 saturated carbocycles. The molecule has 38 heavy (non-hydrogen) atoms. The Bertz CT molecular complexity index is 1260. The van der Waals surface area contributed by atoms with Crippen molar-refractivity contribution < 1.29 is 37.4 Å². The lowest BCUT2D eigenvalue weighted by molar-refractivity contribution is -0.192. The molecule has 1 heterocycles. The molecule has 0 aliphatic carbocycles. The number of nitriles is 1. The molecule has 6 nitrogen and oxygen atoms in total. The number of nitrogens with one attached hydrogen (secondary N) is 1. The van der Waals surface area contributed by atoms with Crippen molar-refractivity contribution in [2.75, 3.05) is 0 Å². The first kappa shape index (κ1) is 31.6. The number of alkyl halides is 3. The predicted molar refractivity (Wildman–Crippen MR) is 134 cm³/mol. The maximum absolute atomic E-state index is 15.2. The first-order valence-electron chi connectivity index (χ1n) is 11.0. The van der Waals surface area contributed by atoms with Crippen LogP contribution < -0.4 is 5.32 Å². The minimum Gasteiger partial charge on any atom is -0.480 e. The van der Waals surface area contributed by atoms with Gasteiger partial charge in [-0.3, -0.25) is 10.1 Å². The van der Waals surface area contributed by atoms with Crippen LogP contribution in [0.3, 0.4) is 0 Å². The van der Waals surface area contributed by atoms with Crippen molar-refractivity contribution in [3.63, 3.8) is 0 Å². The molecule has 1 saturated heterocycles. The zero-order valence-corrected chi connectivity index (χ0v) is 22.5. The van der Waals surface area contributed by atoms with Gasteiger partial charge in [0, 0.05) is 22.5 Å². The number of nitrogens with zero attached hydrogens (tertiary/aromatic N) is 1. The van der Waals surface area contributed by atoms with Crippen molar-refractivity contribution >= 4 is 46.7 Å². The highest BCUT2D eigenvalue weighted by molar-refractivity contribution is 6.42. The van der Waals surface area contributed by atoms with Gasteiger partial charge in [0.05, 0.1) is 16.1 Å². The highest BCUT2D eigenvalue weighted by atomic mass is 35.5. The lowest BCUT2D eigenvalue weighted by Crippen LogP contribution is -2.44. The van der Waals surface area contributed by atoms with E-state index in [4.69, 9.17) is 44.7 Å². The average molecular weight is 598 g/mol. The van der Waals surface area contributed by atoms with Gasteiger partial charge in [0.1, 0.15) is 17.3 Å². The predicted octanol–water partition coefficient (Wildman–Crippen LogP) is 6.83. The lowest BCUT2D eigenvalue weighted by atomic mass is 9.63. The number of hydrogen-bond acceptors (Lipinski definition) is 4. The minimum atomic E-state index is -5.08. The van der Waals surface area contributed by atoms with Crippen LogP contribution in [0.4, 0.5) is 17.6 Å². The van der Waals surface area contributed by atoms with Crippen molar-refractivity contribution in [2.45, 2.75) is 56.8 Å². The van der Waals surface area contributed by atoms with E-state index < -0.39 is 47.3 Å². The van der Waals surface area contributed by atoms with Crippen LogP contribution in [-0.2, 0) is 15.0 Å².